The zero-order valence-corrected chi connectivity index (χ0v) is 20.7. The van der Waals surface area contributed by atoms with Crippen molar-refractivity contribution in [3.05, 3.63) is 65.6 Å². The molecule has 0 saturated carbocycles. The lowest BCUT2D eigenvalue weighted by atomic mass is 10.0. The SMILES string of the molecule is Cc1ccc(-c2ccnn2COCC[Si](C)(C)C)c(COc2ccc(C(C)C)cc2)n1. The van der Waals surface area contributed by atoms with Gasteiger partial charge in [-0.15, -0.1) is 0 Å². The van der Waals surface area contributed by atoms with Crippen molar-refractivity contribution in [2.24, 2.45) is 0 Å². The van der Waals surface area contributed by atoms with Crippen molar-refractivity contribution < 1.29 is 9.47 Å². The predicted octanol–water partition coefficient (Wildman–Crippen LogP) is 6.27. The first-order valence-corrected chi connectivity index (χ1v) is 14.7. The average Bonchev–Trinajstić information content (AvgIpc) is 3.17. The number of hydrogen-bond acceptors (Lipinski definition) is 4. The highest BCUT2D eigenvalue weighted by atomic mass is 28.3. The molecule has 1 aromatic carbocycles. The van der Waals surface area contributed by atoms with Crippen molar-refractivity contribution in [3.8, 4) is 17.0 Å². The first-order chi connectivity index (χ1) is 14.7. The van der Waals surface area contributed by atoms with E-state index in [2.05, 4.69) is 56.8 Å². The predicted molar refractivity (Wildman–Crippen MR) is 129 cm³/mol. The smallest absolute Gasteiger partial charge is 0.139 e. The number of hydrogen-bond donors (Lipinski definition) is 0. The number of pyridine rings is 1. The highest BCUT2D eigenvalue weighted by Crippen LogP contribution is 2.25. The Morgan fingerprint density at radius 2 is 1.74 bits per heavy atom. The molecule has 166 valence electrons. The maximum Gasteiger partial charge on any atom is 0.139 e. The molecule has 0 fully saturated rings. The molecule has 3 aromatic rings. The first-order valence-electron chi connectivity index (χ1n) is 11.0. The van der Waals surface area contributed by atoms with E-state index in [9.17, 15) is 0 Å². The lowest BCUT2D eigenvalue weighted by Crippen LogP contribution is -2.22. The van der Waals surface area contributed by atoms with E-state index in [1.807, 2.05) is 42.1 Å². The molecule has 6 heteroatoms. The molecule has 0 unspecified atom stereocenters. The van der Waals surface area contributed by atoms with Crippen LogP contribution in [0.5, 0.6) is 5.75 Å². The van der Waals surface area contributed by atoms with Gasteiger partial charge < -0.3 is 9.47 Å². The largest absolute Gasteiger partial charge is 0.487 e. The molecule has 0 aliphatic carbocycles. The second-order valence-electron chi connectivity index (χ2n) is 9.52. The van der Waals surface area contributed by atoms with Crippen LogP contribution in [0.3, 0.4) is 0 Å². The van der Waals surface area contributed by atoms with Crippen molar-refractivity contribution in [1.29, 1.82) is 0 Å². The molecule has 0 bridgehead atoms. The van der Waals surface area contributed by atoms with E-state index in [1.165, 1.54) is 5.56 Å². The van der Waals surface area contributed by atoms with Crippen LogP contribution in [0.1, 0.15) is 36.7 Å². The van der Waals surface area contributed by atoms with Crippen molar-refractivity contribution in [1.82, 2.24) is 14.8 Å². The number of aryl methyl sites for hydroxylation is 1. The van der Waals surface area contributed by atoms with E-state index in [0.717, 1.165) is 41.0 Å². The van der Waals surface area contributed by atoms with Gasteiger partial charge in [0.1, 0.15) is 19.1 Å². The minimum atomic E-state index is -1.11. The van der Waals surface area contributed by atoms with Crippen LogP contribution < -0.4 is 4.74 Å². The summed E-state index contributed by atoms with van der Waals surface area (Å²) >= 11 is 0. The number of nitrogens with zero attached hydrogens (tertiary/aromatic N) is 3. The van der Waals surface area contributed by atoms with E-state index in [-0.39, 0.29) is 0 Å². The molecular weight excluding hydrogens is 402 g/mol. The first kappa shape index (κ1) is 23.2. The monoisotopic (exact) mass is 437 g/mol. The Labute approximate surface area is 187 Å². The van der Waals surface area contributed by atoms with Gasteiger partial charge in [-0.3, -0.25) is 4.98 Å². The van der Waals surface area contributed by atoms with Gasteiger partial charge in [0, 0.05) is 32.1 Å². The van der Waals surface area contributed by atoms with E-state index >= 15 is 0 Å². The molecule has 0 amide bonds. The Balaban J connectivity index is 1.72. The summed E-state index contributed by atoms with van der Waals surface area (Å²) in [6, 6.07) is 15.6. The van der Waals surface area contributed by atoms with Crippen LogP contribution >= 0.6 is 0 Å². The molecule has 0 atom stereocenters. The molecule has 0 radical (unpaired) electrons. The molecule has 0 saturated heterocycles. The molecular formula is C25H35N3O2Si. The molecule has 0 N–H and O–H groups in total. The quantitative estimate of drug-likeness (QED) is 0.277. The summed E-state index contributed by atoms with van der Waals surface area (Å²) in [6.45, 7) is 15.1. The molecule has 2 aromatic heterocycles. The number of rotatable bonds is 10. The number of benzene rings is 1. The third-order valence-corrected chi connectivity index (χ3v) is 6.94. The fourth-order valence-electron chi connectivity index (χ4n) is 3.25. The van der Waals surface area contributed by atoms with Gasteiger partial charge in [0.05, 0.1) is 11.4 Å². The Morgan fingerprint density at radius 3 is 2.42 bits per heavy atom. The fourth-order valence-corrected chi connectivity index (χ4v) is 4.00. The van der Waals surface area contributed by atoms with Crippen LogP contribution in [0.25, 0.3) is 11.3 Å². The summed E-state index contributed by atoms with van der Waals surface area (Å²) < 4.78 is 13.9. The van der Waals surface area contributed by atoms with Crippen molar-refractivity contribution >= 4 is 8.07 Å². The van der Waals surface area contributed by atoms with Crippen molar-refractivity contribution in [3.63, 3.8) is 0 Å². The second-order valence-corrected chi connectivity index (χ2v) is 15.1. The Bertz CT molecular complexity index is 975. The lowest BCUT2D eigenvalue weighted by molar-refractivity contribution is 0.0797. The minimum Gasteiger partial charge on any atom is -0.487 e. The molecule has 3 rings (SSSR count). The molecule has 0 aliphatic rings. The van der Waals surface area contributed by atoms with Crippen LogP contribution in [0.4, 0.5) is 0 Å². The summed E-state index contributed by atoms with van der Waals surface area (Å²) in [5.41, 5.74) is 5.19. The summed E-state index contributed by atoms with van der Waals surface area (Å²) in [7, 11) is -1.11. The number of ether oxygens (including phenoxy) is 2. The summed E-state index contributed by atoms with van der Waals surface area (Å²) in [4.78, 5) is 4.76. The van der Waals surface area contributed by atoms with Gasteiger partial charge in [0.25, 0.3) is 0 Å². The minimum absolute atomic E-state index is 0.402. The lowest BCUT2D eigenvalue weighted by Gasteiger charge is -2.16. The van der Waals surface area contributed by atoms with Gasteiger partial charge >= 0.3 is 0 Å². The average molecular weight is 438 g/mol. The molecule has 0 spiro atoms. The zero-order valence-electron chi connectivity index (χ0n) is 19.7. The molecule has 31 heavy (non-hydrogen) atoms. The van der Waals surface area contributed by atoms with Gasteiger partial charge in [-0.05, 0) is 54.8 Å². The maximum atomic E-state index is 6.08. The van der Waals surface area contributed by atoms with Gasteiger partial charge in [-0.25, -0.2) is 4.68 Å². The highest BCUT2D eigenvalue weighted by Gasteiger charge is 2.15. The second kappa shape index (κ2) is 10.2. The van der Waals surface area contributed by atoms with E-state index in [4.69, 9.17) is 14.5 Å². The van der Waals surface area contributed by atoms with Crippen LogP contribution in [-0.2, 0) is 18.1 Å². The maximum absolute atomic E-state index is 6.08. The van der Waals surface area contributed by atoms with Crippen LogP contribution in [0, 0.1) is 6.92 Å². The highest BCUT2D eigenvalue weighted by molar-refractivity contribution is 6.76. The van der Waals surface area contributed by atoms with Gasteiger partial charge in [-0.2, -0.15) is 5.10 Å². The molecule has 5 nitrogen and oxygen atoms in total. The topological polar surface area (TPSA) is 49.2 Å². The zero-order chi connectivity index (χ0) is 22.4. The van der Waals surface area contributed by atoms with Crippen molar-refractivity contribution in [2.45, 2.75) is 65.7 Å². The van der Waals surface area contributed by atoms with Gasteiger partial charge in [-0.1, -0.05) is 45.6 Å². The molecule has 0 aliphatic heterocycles. The van der Waals surface area contributed by atoms with Crippen molar-refractivity contribution in [2.75, 3.05) is 6.61 Å². The third-order valence-electron chi connectivity index (χ3n) is 5.24. The van der Waals surface area contributed by atoms with E-state index in [0.29, 0.717) is 19.3 Å². The number of aromatic nitrogens is 3. The van der Waals surface area contributed by atoms with Gasteiger partial charge in [0.2, 0.25) is 0 Å². The summed E-state index contributed by atoms with van der Waals surface area (Å²) in [5.74, 6) is 1.36. The Hall–Kier alpha value is -2.44. The van der Waals surface area contributed by atoms with Crippen LogP contribution in [0.2, 0.25) is 25.7 Å². The van der Waals surface area contributed by atoms with Crippen LogP contribution in [-0.4, -0.2) is 29.4 Å². The fraction of sp³-hybridized carbons (Fsp3) is 0.440. The normalized spacial score (nSPS) is 11.8. The molecule has 2 heterocycles. The van der Waals surface area contributed by atoms with Crippen LogP contribution in [0.15, 0.2) is 48.7 Å². The van der Waals surface area contributed by atoms with E-state index < -0.39 is 8.07 Å². The standard InChI is InChI=1S/C25H35N3O2Si/c1-19(2)21-8-10-22(11-9-21)30-17-24-23(12-7-20(3)27-24)25-13-14-26-28(25)18-29-15-16-31(4,5)6/h7-14,19H,15-18H2,1-6H3. The van der Waals surface area contributed by atoms with E-state index in [1.54, 1.807) is 0 Å². The van der Waals surface area contributed by atoms with Gasteiger partial charge in [0.15, 0.2) is 0 Å². The summed E-state index contributed by atoms with van der Waals surface area (Å²) in [5, 5.41) is 4.47. The Morgan fingerprint density at radius 1 is 1.00 bits per heavy atom. The summed E-state index contributed by atoms with van der Waals surface area (Å²) in [6.07, 6.45) is 1.81. The Kier molecular flexibility index (Phi) is 7.67. The third kappa shape index (κ3) is 6.77.